The molecule has 1 nitrogen and oxygen atoms in total. The first-order valence-electron chi connectivity index (χ1n) is 6.66. The smallest absolute Gasteiger partial charge is 0.0136 e. The predicted molar refractivity (Wildman–Crippen MR) is 67.8 cm³/mol. The minimum absolute atomic E-state index is 0.708. The maximum Gasteiger partial charge on any atom is 0.0136 e. The van der Waals surface area contributed by atoms with Crippen LogP contribution in [-0.4, -0.2) is 24.0 Å². The Morgan fingerprint density at radius 1 is 1.19 bits per heavy atom. The van der Waals surface area contributed by atoms with Gasteiger partial charge in [0.2, 0.25) is 0 Å². The van der Waals surface area contributed by atoms with E-state index in [1.54, 1.807) is 11.1 Å². The van der Waals surface area contributed by atoms with Gasteiger partial charge in [0.05, 0.1) is 0 Å². The lowest BCUT2D eigenvalue weighted by atomic mass is 9.93. The second kappa shape index (κ2) is 4.21. The molecule has 16 heavy (non-hydrogen) atoms. The van der Waals surface area contributed by atoms with Crippen molar-refractivity contribution in [1.82, 2.24) is 4.90 Å². The molecule has 1 aromatic rings. The Bertz CT molecular complexity index is 371. The van der Waals surface area contributed by atoms with Crippen LogP contribution in [0.1, 0.15) is 43.2 Å². The van der Waals surface area contributed by atoms with E-state index >= 15 is 0 Å². The molecular weight excluding hydrogens is 194 g/mol. The van der Waals surface area contributed by atoms with Gasteiger partial charge in [0.15, 0.2) is 0 Å². The summed E-state index contributed by atoms with van der Waals surface area (Å²) in [4.78, 5) is 2.73. The molecule has 0 amide bonds. The van der Waals surface area contributed by atoms with Crippen LogP contribution in [0.2, 0.25) is 0 Å². The molecule has 2 heterocycles. The highest BCUT2D eigenvalue weighted by Gasteiger charge is 2.28. The lowest BCUT2D eigenvalue weighted by molar-refractivity contribution is 0.147. The van der Waals surface area contributed by atoms with E-state index in [1.165, 1.54) is 38.8 Å². The average molecular weight is 215 g/mol. The molecular formula is C15H21N. The largest absolute Gasteiger partial charge is 0.299 e. The molecule has 0 aromatic heterocycles. The Morgan fingerprint density at radius 3 is 3.00 bits per heavy atom. The zero-order valence-electron chi connectivity index (χ0n) is 10.2. The van der Waals surface area contributed by atoms with Gasteiger partial charge in [0, 0.05) is 12.6 Å². The zero-order chi connectivity index (χ0) is 11.0. The molecule has 0 saturated carbocycles. The fraction of sp³-hybridized carbons (Fsp3) is 0.600. The van der Waals surface area contributed by atoms with E-state index < -0.39 is 0 Å². The van der Waals surface area contributed by atoms with Crippen LogP contribution in [-0.2, 0) is 6.42 Å². The van der Waals surface area contributed by atoms with E-state index in [-0.39, 0.29) is 0 Å². The predicted octanol–water partition coefficient (Wildman–Crippen LogP) is 3.20. The van der Waals surface area contributed by atoms with Gasteiger partial charge in [0.1, 0.15) is 0 Å². The van der Waals surface area contributed by atoms with Crippen molar-refractivity contribution >= 4 is 0 Å². The van der Waals surface area contributed by atoms with Crippen molar-refractivity contribution in [3.63, 3.8) is 0 Å². The van der Waals surface area contributed by atoms with Crippen molar-refractivity contribution in [2.75, 3.05) is 13.1 Å². The van der Waals surface area contributed by atoms with Crippen molar-refractivity contribution < 1.29 is 0 Å². The van der Waals surface area contributed by atoms with E-state index in [9.17, 15) is 0 Å². The molecule has 1 aromatic carbocycles. The second-order valence-electron chi connectivity index (χ2n) is 5.45. The Balaban J connectivity index is 1.94. The van der Waals surface area contributed by atoms with Crippen molar-refractivity contribution in [2.24, 2.45) is 0 Å². The van der Waals surface area contributed by atoms with Crippen LogP contribution in [0.3, 0.4) is 0 Å². The highest BCUT2D eigenvalue weighted by atomic mass is 15.2. The molecule has 0 N–H and O–H groups in total. The topological polar surface area (TPSA) is 3.24 Å². The molecule has 1 heteroatoms. The zero-order valence-corrected chi connectivity index (χ0v) is 10.2. The Kier molecular flexibility index (Phi) is 2.72. The summed E-state index contributed by atoms with van der Waals surface area (Å²) in [5.41, 5.74) is 3.20. The molecule has 2 atom stereocenters. The van der Waals surface area contributed by atoms with Crippen LogP contribution in [0.15, 0.2) is 24.3 Å². The van der Waals surface area contributed by atoms with Crippen LogP contribution in [0, 0.1) is 0 Å². The van der Waals surface area contributed by atoms with E-state index in [4.69, 9.17) is 0 Å². The van der Waals surface area contributed by atoms with E-state index in [0.717, 1.165) is 6.04 Å². The van der Waals surface area contributed by atoms with Gasteiger partial charge in [-0.1, -0.05) is 37.6 Å². The van der Waals surface area contributed by atoms with Gasteiger partial charge in [-0.05, 0) is 42.9 Å². The standard InChI is InChI=1S/C15H21N/c1-12-11-16-9-5-4-7-14(16)10-13-6-2-3-8-15(12)13/h2-3,6,8,12,14H,4-5,7,9-11H2,1H3. The average Bonchev–Trinajstić information content (AvgIpc) is 2.45. The highest BCUT2D eigenvalue weighted by molar-refractivity contribution is 5.32. The molecule has 2 unspecified atom stereocenters. The summed E-state index contributed by atoms with van der Waals surface area (Å²) in [6, 6.07) is 9.88. The van der Waals surface area contributed by atoms with Gasteiger partial charge in [-0.2, -0.15) is 0 Å². The van der Waals surface area contributed by atoms with Crippen molar-refractivity contribution in [3.05, 3.63) is 35.4 Å². The fourth-order valence-electron chi connectivity index (χ4n) is 3.44. The number of fused-ring (bicyclic) bond motifs is 2. The summed E-state index contributed by atoms with van der Waals surface area (Å²) < 4.78 is 0. The Morgan fingerprint density at radius 2 is 2.06 bits per heavy atom. The molecule has 2 aliphatic rings. The van der Waals surface area contributed by atoms with Gasteiger partial charge in [-0.15, -0.1) is 0 Å². The Labute approximate surface area is 98.5 Å². The van der Waals surface area contributed by atoms with Gasteiger partial charge in [0.25, 0.3) is 0 Å². The molecule has 1 saturated heterocycles. The number of nitrogens with zero attached hydrogens (tertiary/aromatic N) is 1. The van der Waals surface area contributed by atoms with Crippen LogP contribution in [0.5, 0.6) is 0 Å². The lowest BCUT2D eigenvalue weighted by Crippen LogP contribution is -2.41. The summed E-state index contributed by atoms with van der Waals surface area (Å²) in [6.07, 6.45) is 5.51. The monoisotopic (exact) mass is 215 g/mol. The molecule has 0 spiro atoms. The van der Waals surface area contributed by atoms with E-state index in [2.05, 4.69) is 36.1 Å². The maximum absolute atomic E-state index is 2.73. The molecule has 0 aliphatic carbocycles. The van der Waals surface area contributed by atoms with Gasteiger partial charge in [-0.3, -0.25) is 4.90 Å². The minimum Gasteiger partial charge on any atom is -0.299 e. The van der Waals surface area contributed by atoms with Crippen molar-refractivity contribution in [3.8, 4) is 0 Å². The maximum atomic E-state index is 2.73. The molecule has 2 aliphatic heterocycles. The SMILES string of the molecule is CC1CN2CCCCC2Cc2ccccc21. The normalized spacial score (nSPS) is 30.3. The third kappa shape index (κ3) is 1.78. The molecule has 0 bridgehead atoms. The summed E-state index contributed by atoms with van der Waals surface area (Å²) in [5, 5.41) is 0. The summed E-state index contributed by atoms with van der Waals surface area (Å²) in [6.45, 7) is 4.97. The van der Waals surface area contributed by atoms with Gasteiger partial charge < -0.3 is 0 Å². The quantitative estimate of drug-likeness (QED) is 0.642. The van der Waals surface area contributed by atoms with Crippen LogP contribution in [0.4, 0.5) is 0 Å². The summed E-state index contributed by atoms with van der Waals surface area (Å²) >= 11 is 0. The van der Waals surface area contributed by atoms with Crippen LogP contribution in [0.25, 0.3) is 0 Å². The third-order valence-corrected chi connectivity index (χ3v) is 4.30. The summed E-state index contributed by atoms with van der Waals surface area (Å²) in [7, 11) is 0. The first kappa shape index (κ1) is 10.3. The summed E-state index contributed by atoms with van der Waals surface area (Å²) in [5.74, 6) is 0.708. The molecule has 0 radical (unpaired) electrons. The third-order valence-electron chi connectivity index (χ3n) is 4.30. The van der Waals surface area contributed by atoms with Crippen LogP contribution < -0.4 is 0 Å². The minimum atomic E-state index is 0.708. The molecule has 1 fully saturated rings. The lowest BCUT2D eigenvalue weighted by Gasteiger charge is -2.35. The van der Waals surface area contributed by atoms with E-state index in [1.807, 2.05) is 0 Å². The molecule has 86 valence electrons. The number of hydrogen-bond acceptors (Lipinski definition) is 1. The van der Waals surface area contributed by atoms with Crippen molar-refractivity contribution in [2.45, 2.75) is 44.6 Å². The first-order valence-corrected chi connectivity index (χ1v) is 6.66. The highest BCUT2D eigenvalue weighted by Crippen LogP contribution is 2.31. The molecule has 3 rings (SSSR count). The fourth-order valence-corrected chi connectivity index (χ4v) is 3.44. The van der Waals surface area contributed by atoms with Crippen LogP contribution >= 0.6 is 0 Å². The number of piperidine rings is 1. The number of hydrogen-bond donors (Lipinski definition) is 0. The van der Waals surface area contributed by atoms with E-state index in [0.29, 0.717) is 5.92 Å². The van der Waals surface area contributed by atoms with Gasteiger partial charge in [-0.25, -0.2) is 0 Å². The second-order valence-corrected chi connectivity index (χ2v) is 5.45. The number of rotatable bonds is 0. The first-order chi connectivity index (χ1) is 7.84. The van der Waals surface area contributed by atoms with Crippen molar-refractivity contribution in [1.29, 1.82) is 0 Å². The Hall–Kier alpha value is -0.820. The van der Waals surface area contributed by atoms with Gasteiger partial charge >= 0.3 is 0 Å². The number of benzene rings is 1.